The smallest absolute Gasteiger partial charge is 0.225 e. The Morgan fingerprint density at radius 3 is 2.59 bits per heavy atom. The molecule has 2 amide bonds. The topological polar surface area (TPSA) is 52.7 Å². The maximum Gasteiger partial charge on any atom is 0.225 e. The Kier molecular flexibility index (Phi) is 6.15. The van der Waals surface area contributed by atoms with Crippen molar-refractivity contribution in [3.8, 4) is 0 Å². The number of amides is 2. The van der Waals surface area contributed by atoms with Gasteiger partial charge in [-0.3, -0.25) is 9.59 Å². The quantitative estimate of drug-likeness (QED) is 0.879. The summed E-state index contributed by atoms with van der Waals surface area (Å²) in [5, 5.41) is 2.78. The molecule has 2 fully saturated rings. The molecule has 0 aliphatic carbocycles. The highest BCUT2D eigenvalue weighted by Gasteiger charge is 2.37. The molecule has 0 bridgehead atoms. The molecule has 1 N–H and O–H groups in total. The summed E-state index contributed by atoms with van der Waals surface area (Å²) in [6.07, 6.45) is 5.33. The van der Waals surface area contributed by atoms with Gasteiger partial charge in [-0.05, 0) is 68.8 Å². The summed E-state index contributed by atoms with van der Waals surface area (Å²) in [7, 11) is 1.90. The third-order valence-electron chi connectivity index (χ3n) is 6.30. The Hall–Kier alpha value is -1.95. The van der Waals surface area contributed by atoms with E-state index in [9.17, 15) is 14.0 Å². The first-order chi connectivity index (χ1) is 12.9. The highest BCUT2D eigenvalue weighted by atomic mass is 19.1. The highest BCUT2D eigenvalue weighted by molar-refractivity contribution is 5.90. The molecule has 0 radical (unpaired) electrons. The lowest BCUT2D eigenvalue weighted by Gasteiger charge is -2.41. The standard InChI is InChI=1S/C21H30FN3O2/c1-16-3-4-17(15-18(16)22)23-19(26)6-11-25-13-9-21(10-14-25)7-5-20(27)24(2)12-8-21/h3-4,15H,5-14H2,1-2H3,(H,23,26). The molecule has 27 heavy (non-hydrogen) atoms. The fraction of sp³-hybridized carbons (Fsp3) is 0.619. The average Bonchev–Trinajstić information content (AvgIpc) is 2.79. The SMILES string of the molecule is Cc1ccc(NC(=O)CCN2CCC3(CCC(=O)N(C)CC3)CC2)cc1F. The van der Waals surface area contributed by atoms with E-state index in [1.807, 2.05) is 11.9 Å². The predicted molar refractivity (Wildman–Crippen MR) is 104 cm³/mol. The molecular formula is C21H30FN3O2. The van der Waals surface area contributed by atoms with Gasteiger partial charge in [0.15, 0.2) is 0 Å². The third kappa shape index (κ3) is 5.06. The Balaban J connectivity index is 1.43. The largest absolute Gasteiger partial charge is 0.346 e. The summed E-state index contributed by atoms with van der Waals surface area (Å²) in [6, 6.07) is 4.76. The van der Waals surface area contributed by atoms with Gasteiger partial charge in [-0.1, -0.05) is 6.07 Å². The van der Waals surface area contributed by atoms with Gasteiger partial charge < -0.3 is 15.1 Å². The number of nitrogens with zero attached hydrogens (tertiary/aromatic N) is 2. The number of hydrogen-bond acceptors (Lipinski definition) is 3. The number of anilines is 1. The van der Waals surface area contributed by atoms with Crippen molar-refractivity contribution in [2.45, 2.75) is 45.4 Å². The van der Waals surface area contributed by atoms with Crippen LogP contribution in [0, 0.1) is 18.2 Å². The third-order valence-corrected chi connectivity index (χ3v) is 6.30. The maximum absolute atomic E-state index is 13.6. The van der Waals surface area contributed by atoms with E-state index in [0.29, 0.717) is 29.5 Å². The zero-order chi connectivity index (χ0) is 19.4. The second-order valence-corrected chi connectivity index (χ2v) is 8.17. The number of hydrogen-bond donors (Lipinski definition) is 1. The van der Waals surface area contributed by atoms with E-state index >= 15 is 0 Å². The molecule has 0 atom stereocenters. The number of benzene rings is 1. The van der Waals surface area contributed by atoms with Crippen molar-refractivity contribution < 1.29 is 14.0 Å². The van der Waals surface area contributed by atoms with Gasteiger partial charge >= 0.3 is 0 Å². The van der Waals surface area contributed by atoms with Crippen LogP contribution >= 0.6 is 0 Å². The number of piperidine rings is 1. The Morgan fingerprint density at radius 1 is 1.19 bits per heavy atom. The lowest BCUT2D eigenvalue weighted by molar-refractivity contribution is -0.129. The fourth-order valence-electron chi connectivity index (χ4n) is 4.12. The van der Waals surface area contributed by atoms with E-state index in [2.05, 4.69) is 10.2 Å². The van der Waals surface area contributed by atoms with Gasteiger partial charge in [0.05, 0.1) is 0 Å². The van der Waals surface area contributed by atoms with Crippen LogP contribution in [0.5, 0.6) is 0 Å². The lowest BCUT2D eigenvalue weighted by atomic mass is 9.73. The van der Waals surface area contributed by atoms with Crippen molar-refractivity contribution in [2.24, 2.45) is 5.41 Å². The van der Waals surface area contributed by atoms with Crippen molar-refractivity contribution >= 4 is 17.5 Å². The number of carbonyl (C=O) groups is 2. The van der Waals surface area contributed by atoms with Crippen LogP contribution in [0.3, 0.4) is 0 Å². The summed E-state index contributed by atoms with van der Waals surface area (Å²) < 4.78 is 13.6. The van der Waals surface area contributed by atoms with Crippen LogP contribution < -0.4 is 5.32 Å². The molecule has 2 saturated heterocycles. The van der Waals surface area contributed by atoms with Gasteiger partial charge in [0.2, 0.25) is 11.8 Å². The van der Waals surface area contributed by atoms with Crippen molar-refractivity contribution in [2.75, 3.05) is 38.5 Å². The van der Waals surface area contributed by atoms with Crippen LogP contribution in [-0.4, -0.2) is 54.8 Å². The molecule has 0 aromatic heterocycles. The summed E-state index contributed by atoms with van der Waals surface area (Å²) in [5.41, 5.74) is 1.37. The number of nitrogens with one attached hydrogen (secondary N) is 1. The van der Waals surface area contributed by atoms with Crippen LogP contribution in [-0.2, 0) is 9.59 Å². The highest BCUT2D eigenvalue weighted by Crippen LogP contribution is 2.41. The van der Waals surface area contributed by atoms with Crippen LogP contribution in [0.1, 0.15) is 44.1 Å². The molecule has 5 nitrogen and oxygen atoms in total. The lowest BCUT2D eigenvalue weighted by Crippen LogP contribution is -2.41. The van der Waals surface area contributed by atoms with Gasteiger partial charge in [0.1, 0.15) is 5.82 Å². The molecule has 6 heteroatoms. The molecule has 2 heterocycles. The summed E-state index contributed by atoms with van der Waals surface area (Å²) >= 11 is 0. The van der Waals surface area contributed by atoms with E-state index in [1.165, 1.54) is 6.07 Å². The van der Waals surface area contributed by atoms with Crippen LogP contribution in [0.15, 0.2) is 18.2 Å². The number of likely N-dealkylation sites (tertiary alicyclic amines) is 2. The normalized spacial score (nSPS) is 20.6. The van der Waals surface area contributed by atoms with Gasteiger partial charge in [-0.15, -0.1) is 0 Å². The number of aryl methyl sites for hydroxylation is 1. The zero-order valence-electron chi connectivity index (χ0n) is 16.4. The molecule has 0 saturated carbocycles. The molecule has 1 aromatic carbocycles. The van der Waals surface area contributed by atoms with Crippen molar-refractivity contribution in [3.63, 3.8) is 0 Å². The average molecular weight is 375 g/mol. The van der Waals surface area contributed by atoms with Crippen LogP contribution in [0.25, 0.3) is 0 Å². The summed E-state index contributed by atoms with van der Waals surface area (Å²) in [5.74, 6) is -0.125. The first kappa shape index (κ1) is 19.8. The van der Waals surface area contributed by atoms with E-state index < -0.39 is 0 Å². The minimum absolute atomic E-state index is 0.0831. The molecule has 0 unspecified atom stereocenters. The Labute approximate surface area is 160 Å². The van der Waals surface area contributed by atoms with E-state index in [-0.39, 0.29) is 17.6 Å². The molecule has 3 rings (SSSR count). The Bertz CT molecular complexity index is 699. The predicted octanol–water partition coefficient (Wildman–Crippen LogP) is 3.19. The first-order valence-electron chi connectivity index (χ1n) is 9.89. The minimum atomic E-state index is -0.304. The number of rotatable bonds is 4. The van der Waals surface area contributed by atoms with Crippen LogP contribution in [0.4, 0.5) is 10.1 Å². The summed E-state index contributed by atoms with van der Waals surface area (Å²) in [6.45, 7) is 5.23. The number of halogens is 1. The van der Waals surface area contributed by atoms with E-state index in [1.54, 1.807) is 19.1 Å². The van der Waals surface area contributed by atoms with E-state index in [4.69, 9.17) is 0 Å². The van der Waals surface area contributed by atoms with Gasteiger partial charge in [-0.25, -0.2) is 4.39 Å². The fourth-order valence-corrected chi connectivity index (χ4v) is 4.12. The maximum atomic E-state index is 13.6. The second-order valence-electron chi connectivity index (χ2n) is 8.17. The molecule has 1 aromatic rings. The van der Waals surface area contributed by atoms with Gasteiger partial charge in [-0.2, -0.15) is 0 Å². The minimum Gasteiger partial charge on any atom is -0.346 e. The molecule has 1 spiro atoms. The monoisotopic (exact) mass is 375 g/mol. The van der Waals surface area contributed by atoms with Gasteiger partial charge in [0, 0.05) is 38.7 Å². The van der Waals surface area contributed by atoms with Crippen LogP contribution in [0.2, 0.25) is 0 Å². The number of carbonyl (C=O) groups excluding carboxylic acids is 2. The molecular weight excluding hydrogens is 345 g/mol. The summed E-state index contributed by atoms with van der Waals surface area (Å²) in [4.78, 5) is 28.3. The molecule has 2 aliphatic rings. The zero-order valence-corrected chi connectivity index (χ0v) is 16.4. The van der Waals surface area contributed by atoms with Crippen molar-refractivity contribution in [3.05, 3.63) is 29.6 Å². The first-order valence-corrected chi connectivity index (χ1v) is 9.89. The van der Waals surface area contributed by atoms with Gasteiger partial charge in [0.25, 0.3) is 0 Å². The Morgan fingerprint density at radius 2 is 1.89 bits per heavy atom. The molecule has 2 aliphatic heterocycles. The van der Waals surface area contributed by atoms with Crippen molar-refractivity contribution in [1.29, 1.82) is 0 Å². The second kappa shape index (κ2) is 8.38. The molecule has 148 valence electrons. The van der Waals surface area contributed by atoms with E-state index in [0.717, 1.165) is 51.9 Å². The van der Waals surface area contributed by atoms with Crippen molar-refractivity contribution in [1.82, 2.24) is 9.80 Å².